The summed E-state index contributed by atoms with van der Waals surface area (Å²) in [6, 6.07) is 7.40. The molecular formula is C20H29NO2. The first-order chi connectivity index (χ1) is 11.2. The highest BCUT2D eigenvalue weighted by atomic mass is 16.5. The van der Waals surface area contributed by atoms with Gasteiger partial charge in [0.1, 0.15) is 0 Å². The second-order valence-electron chi connectivity index (χ2n) is 7.77. The first-order valence-electron chi connectivity index (χ1n) is 9.24. The molecule has 1 aromatic carbocycles. The number of hydrogen-bond acceptors (Lipinski definition) is 3. The van der Waals surface area contributed by atoms with Gasteiger partial charge in [0.2, 0.25) is 0 Å². The first kappa shape index (κ1) is 15.3. The van der Waals surface area contributed by atoms with Crippen molar-refractivity contribution in [3.63, 3.8) is 0 Å². The summed E-state index contributed by atoms with van der Waals surface area (Å²) in [5.74, 6) is 2.59. The molecule has 0 unspecified atom stereocenters. The Labute approximate surface area is 140 Å². The molecule has 23 heavy (non-hydrogen) atoms. The van der Waals surface area contributed by atoms with Crippen LogP contribution in [0.1, 0.15) is 50.5 Å². The van der Waals surface area contributed by atoms with Crippen molar-refractivity contribution >= 4 is 0 Å². The molecule has 3 fully saturated rings. The zero-order valence-corrected chi connectivity index (χ0v) is 14.5. The number of nitrogens with zero attached hydrogens (tertiary/aromatic N) is 1. The molecule has 1 aliphatic heterocycles. The van der Waals surface area contributed by atoms with Crippen molar-refractivity contribution in [2.45, 2.75) is 56.4 Å². The molecule has 0 radical (unpaired) electrons. The standard InChI is InChI=1S/C20H29NO2/c1-21-12-11-20(10-4-3-5-19(20)21)16-8-9-17(22-2)18(13-16)23-14-15-6-7-15/h8-9,13,15,19H,3-7,10-12,14H2,1-2H3/t19-,20-/m0/s1. The largest absolute Gasteiger partial charge is 0.493 e. The summed E-state index contributed by atoms with van der Waals surface area (Å²) in [5, 5.41) is 0. The average molecular weight is 315 g/mol. The van der Waals surface area contributed by atoms with Gasteiger partial charge in [-0.05, 0) is 69.3 Å². The molecule has 1 saturated heterocycles. The Morgan fingerprint density at radius 2 is 2.00 bits per heavy atom. The SMILES string of the molecule is COc1ccc([C@@]23CCCC[C@@H]2N(C)CC3)cc1OCC1CC1. The van der Waals surface area contributed by atoms with Gasteiger partial charge in [0.15, 0.2) is 11.5 Å². The maximum Gasteiger partial charge on any atom is 0.161 e. The van der Waals surface area contributed by atoms with Gasteiger partial charge in [-0.25, -0.2) is 0 Å². The molecule has 3 aliphatic rings. The molecule has 0 spiro atoms. The van der Waals surface area contributed by atoms with Crippen LogP contribution in [0.25, 0.3) is 0 Å². The van der Waals surface area contributed by atoms with Crippen LogP contribution in [-0.4, -0.2) is 38.3 Å². The Balaban J connectivity index is 1.65. The number of methoxy groups -OCH3 is 1. The number of likely N-dealkylation sites (tertiary alicyclic amines) is 1. The van der Waals surface area contributed by atoms with E-state index in [1.807, 2.05) is 0 Å². The predicted octanol–water partition coefficient (Wildman–Crippen LogP) is 4.00. The van der Waals surface area contributed by atoms with Gasteiger partial charge in [-0.15, -0.1) is 0 Å². The molecule has 2 atom stereocenters. The molecular weight excluding hydrogens is 286 g/mol. The van der Waals surface area contributed by atoms with Crippen molar-refractivity contribution in [1.29, 1.82) is 0 Å². The molecule has 126 valence electrons. The lowest BCUT2D eigenvalue weighted by Gasteiger charge is -2.42. The van der Waals surface area contributed by atoms with Gasteiger partial charge in [-0.3, -0.25) is 0 Å². The quantitative estimate of drug-likeness (QED) is 0.820. The van der Waals surface area contributed by atoms with Crippen LogP contribution < -0.4 is 9.47 Å². The van der Waals surface area contributed by atoms with Crippen LogP contribution in [0.2, 0.25) is 0 Å². The Morgan fingerprint density at radius 1 is 1.13 bits per heavy atom. The third-order valence-corrected chi connectivity index (χ3v) is 6.34. The minimum absolute atomic E-state index is 0.330. The van der Waals surface area contributed by atoms with E-state index in [9.17, 15) is 0 Å². The van der Waals surface area contributed by atoms with Crippen LogP contribution in [0.5, 0.6) is 11.5 Å². The minimum atomic E-state index is 0.330. The van der Waals surface area contributed by atoms with Crippen LogP contribution in [0.4, 0.5) is 0 Å². The van der Waals surface area contributed by atoms with Gasteiger partial charge in [0, 0.05) is 11.5 Å². The minimum Gasteiger partial charge on any atom is -0.493 e. The average Bonchev–Trinajstić information content (AvgIpc) is 3.36. The first-order valence-corrected chi connectivity index (χ1v) is 9.24. The van der Waals surface area contributed by atoms with E-state index in [-0.39, 0.29) is 0 Å². The fourth-order valence-electron chi connectivity index (χ4n) is 4.76. The molecule has 2 aliphatic carbocycles. The third kappa shape index (κ3) is 2.73. The summed E-state index contributed by atoms with van der Waals surface area (Å²) in [6.45, 7) is 2.06. The van der Waals surface area contributed by atoms with E-state index < -0.39 is 0 Å². The van der Waals surface area contributed by atoms with Gasteiger partial charge in [-0.2, -0.15) is 0 Å². The summed E-state index contributed by atoms with van der Waals surface area (Å²) in [6.07, 6.45) is 9.30. The molecule has 1 aromatic rings. The van der Waals surface area contributed by atoms with E-state index in [2.05, 4.69) is 30.1 Å². The van der Waals surface area contributed by atoms with Gasteiger partial charge < -0.3 is 14.4 Å². The highest BCUT2D eigenvalue weighted by molar-refractivity contribution is 5.46. The van der Waals surface area contributed by atoms with Crippen LogP contribution >= 0.6 is 0 Å². The van der Waals surface area contributed by atoms with Crippen molar-refractivity contribution in [1.82, 2.24) is 4.90 Å². The number of fused-ring (bicyclic) bond motifs is 1. The number of benzene rings is 1. The Bertz CT molecular complexity index is 565. The normalized spacial score (nSPS) is 31.0. The van der Waals surface area contributed by atoms with E-state index >= 15 is 0 Å². The van der Waals surface area contributed by atoms with Crippen molar-refractivity contribution in [3.05, 3.63) is 23.8 Å². The molecule has 3 nitrogen and oxygen atoms in total. The highest BCUT2D eigenvalue weighted by Gasteiger charge is 2.48. The van der Waals surface area contributed by atoms with E-state index in [4.69, 9.17) is 9.47 Å². The Kier molecular flexibility index (Phi) is 4.00. The maximum atomic E-state index is 6.12. The van der Waals surface area contributed by atoms with Gasteiger partial charge in [0.05, 0.1) is 13.7 Å². The molecule has 1 heterocycles. The predicted molar refractivity (Wildman–Crippen MR) is 92.4 cm³/mol. The lowest BCUT2D eigenvalue weighted by atomic mass is 9.66. The lowest BCUT2D eigenvalue weighted by Crippen LogP contribution is -2.43. The van der Waals surface area contributed by atoms with Crippen molar-refractivity contribution in [2.75, 3.05) is 27.3 Å². The molecule has 0 N–H and O–H groups in total. The second kappa shape index (κ2) is 6.01. The van der Waals surface area contributed by atoms with E-state index in [0.29, 0.717) is 11.5 Å². The molecule has 3 heteroatoms. The van der Waals surface area contributed by atoms with E-state index in [1.165, 1.54) is 57.1 Å². The molecule has 2 saturated carbocycles. The molecule has 0 aromatic heterocycles. The molecule has 0 amide bonds. The van der Waals surface area contributed by atoms with Crippen LogP contribution in [0.15, 0.2) is 18.2 Å². The number of likely N-dealkylation sites (N-methyl/N-ethyl adjacent to an activating group) is 1. The third-order valence-electron chi connectivity index (χ3n) is 6.34. The Hall–Kier alpha value is -1.22. The van der Waals surface area contributed by atoms with Crippen molar-refractivity contribution in [2.24, 2.45) is 5.92 Å². The van der Waals surface area contributed by atoms with Gasteiger partial charge in [-0.1, -0.05) is 18.9 Å². The van der Waals surface area contributed by atoms with Crippen LogP contribution in [0, 0.1) is 5.92 Å². The zero-order chi connectivity index (χ0) is 15.9. The fraction of sp³-hybridized carbons (Fsp3) is 0.700. The summed E-state index contributed by atoms with van der Waals surface area (Å²) in [5.41, 5.74) is 1.80. The second-order valence-corrected chi connectivity index (χ2v) is 7.77. The lowest BCUT2D eigenvalue weighted by molar-refractivity contribution is 0.181. The van der Waals surface area contributed by atoms with Crippen molar-refractivity contribution in [3.8, 4) is 11.5 Å². The monoisotopic (exact) mass is 315 g/mol. The zero-order valence-electron chi connectivity index (χ0n) is 14.5. The molecule has 4 rings (SSSR count). The number of ether oxygens (including phenoxy) is 2. The summed E-state index contributed by atoms with van der Waals surface area (Å²) in [7, 11) is 4.04. The summed E-state index contributed by atoms with van der Waals surface area (Å²) < 4.78 is 11.7. The number of rotatable bonds is 5. The highest BCUT2D eigenvalue weighted by Crippen LogP contribution is 2.49. The van der Waals surface area contributed by atoms with E-state index in [0.717, 1.165) is 24.0 Å². The van der Waals surface area contributed by atoms with E-state index in [1.54, 1.807) is 7.11 Å². The maximum absolute atomic E-state index is 6.12. The topological polar surface area (TPSA) is 21.7 Å². The van der Waals surface area contributed by atoms with Crippen LogP contribution in [0.3, 0.4) is 0 Å². The molecule has 0 bridgehead atoms. The summed E-state index contributed by atoms with van der Waals surface area (Å²) in [4.78, 5) is 2.58. The Morgan fingerprint density at radius 3 is 2.78 bits per heavy atom. The summed E-state index contributed by atoms with van der Waals surface area (Å²) >= 11 is 0. The van der Waals surface area contributed by atoms with Gasteiger partial charge >= 0.3 is 0 Å². The fourth-order valence-corrected chi connectivity index (χ4v) is 4.76. The van der Waals surface area contributed by atoms with Crippen LogP contribution in [-0.2, 0) is 5.41 Å². The van der Waals surface area contributed by atoms with Gasteiger partial charge in [0.25, 0.3) is 0 Å². The smallest absolute Gasteiger partial charge is 0.161 e. The number of hydrogen-bond donors (Lipinski definition) is 0. The van der Waals surface area contributed by atoms with Crippen molar-refractivity contribution < 1.29 is 9.47 Å².